The first-order chi connectivity index (χ1) is 9.83. The van der Waals surface area contributed by atoms with E-state index in [1.807, 2.05) is 0 Å². The number of aliphatic hydroxyl groups is 1. The molecule has 0 heterocycles. The Bertz CT molecular complexity index is 513. The van der Waals surface area contributed by atoms with Crippen molar-refractivity contribution >= 4 is 12.1 Å². The van der Waals surface area contributed by atoms with Crippen molar-refractivity contribution in [1.82, 2.24) is 5.32 Å². The second-order valence-corrected chi connectivity index (χ2v) is 4.85. The topological polar surface area (TPSA) is 84.9 Å². The lowest BCUT2D eigenvalue weighted by Gasteiger charge is -2.16. The van der Waals surface area contributed by atoms with Crippen LogP contribution in [0.2, 0.25) is 0 Å². The Balaban J connectivity index is 2.73. The van der Waals surface area contributed by atoms with E-state index in [9.17, 15) is 14.7 Å². The summed E-state index contributed by atoms with van der Waals surface area (Å²) in [5.74, 6) is -0.0543. The summed E-state index contributed by atoms with van der Waals surface area (Å²) in [7, 11) is 1.47. The number of ether oxygens (including phenoxy) is 2. The normalized spacial score (nSPS) is 13.2. The van der Waals surface area contributed by atoms with E-state index in [1.54, 1.807) is 39.0 Å². The van der Waals surface area contributed by atoms with Gasteiger partial charge in [-0.2, -0.15) is 0 Å². The first-order valence-corrected chi connectivity index (χ1v) is 6.70. The lowest BCUT2D eigenvalue weighted by atomic mass is 10.1. The van der Waals surface area contributed by atoms with Crippen molar-refractivity contribution in [1.29, 1.82) is 0 Å². The number of carbonyl (C=O) groups is 2. The van der Waals surface area contributed by atoms with E-state index in [0.29, 0.717) is 11.3 Å². The zero-order valence-electron chi connectivity index (χ0n) is 12.7. The molecule has 0 aliphatic carbocycles. The van der Waals surface area contributed by atoms with Gasteiger partial charge in [-0.25, -0.2) is 4.79 Å². The Morgan fingerprint density at radius 2 is 2.00 bits per heavy atom. The van der Waals surface area contributed by atoms with E-state index >= 15 is 0 Å². The maximum atomic E-state index is 11.7. The second kappa shape index (κ2) is 7.64. The summed E-state index contributed by atoms with van der Waals surface area (Å²) in [6.07, 6.45) is -1.81. The van der Waals surface area contributed by atoms with Gasteiger partial charge in [0.05, 0.1) is 12.5 Å². The number of rotatable bonds is 5. The van der Waals surface area contributed by atoms with Crippen molar-refractivity contribution in [3.63, 3.8) is 0 Å². The fourth-order valence-corrected chi connectivity index (χ4v) is 1.53. The summed E-state index contributed by atoms with van der Waals surface area (Å²) in [5, 5.41) is 11.7. The third-order valence-electron chi connectivity index (χ3n) is 3.00. The standard InChI is InChI=1S/C15H21NO5/c1-9-5-6-12(7-13(9)21-15(19)16-4)8-14(18)20-11(3)10(2)17/h5-7,10-11,17H,8H2,1-4H3,(H,16,19). The van der Waals surface area contributed by atoms with Crippen LogP contribution in [-0.4, -0.2) is 36.4 Å². The summed E-state index contributed by atoms with van der Waals surface area (Å²) in [5.41, 5.74) is 1.45. The van der Waals surface area contributed by atoms with Gasteiger partial charge < -0.3 is 19.9 Å². The SMILES string of the molecule is CNC(=O)Oc1cc(CC(=O)OC(C)C(C)O)ccc1C. The van der Waals surface area contributed by atoms with Gasteiger partial charge in [-0.3, -0.25) is 4.79 Å². The zero-order chi connectivity index (χ0) is 16.0. The number of hydrogen-bond donors (Lipinski definition) is 2. The lowest BCUT2D eigenvalue weighted by Crippen LogP contribution is -2.26. The molecule has 2 atom stereocenters. The predicted molar refractivity (Wildman–Crippen MR) is 77.2 cm³/mol. The van der Waals surface area contributed by atoms with E-state index in [1.165, 1.54) is 7.05 Å². The van der Waals surface area contributed by atoms with Gasteiger partial charge in [-0.1, -0.05) is 12.1 Å². The molecule has 2 unspecified atom stereocenters. The van der Waals surface area contributed by atoms with E-state index in [0.717, 1.165) is 5.56 Å². The summed E-state index contributed by atoms with van der Waals surface area (Å²) in [6.45, 7) is 4.98. The Morgan fingerprint density at radius 1 is 1.33 bits per heavy atom. The Hall–Kier alpha value is -2.08. The largest absolute Gasteiger partial charge is 0.460 e. The van der Waals surface area contributed by atoms with Crippen molar-refractivity contribution < 1.29 is 24.2 Å². The molecule has 21 heavy (non-hydrogen) atoms. The number of nitrogens with one attached hydrogen (secondary N) is 1. The Morgan fingerprint density at radius 3 is 2.57 bits per heavy atom. The molecule has 6 nitrogen and oxygen atoms in total. The Labute approximate surface area is 124 Å². The van der Waals surface area contributed by atoms with E-state index < -0.39 is 24.3 Å². The fourth-order valence-electron chi connectivity index (χ4n) is 1.53. The molecule has 1 amide bonds. The summed E-state index contributed by atoms with van der Waals surface area (Å²) < 4.78 is 10.2. The van der Waals surface area contributed by atoms with Crippen LogP contribution in [-0.2, 0) is 16.0 Å². The average Bonchev–Trinajstić information content (AvgIpc) is 2.42. The fraction of sp³-hybridized carbons (Fsp3) is 0.467. The molecule has 0 saturated heterocycles. The monoisotopic (exact) mass is 295 g/mol. The van der Waals surface area contributed by atoms with Crippen LogP contribution < -0.4 is 10.1 Å². The van der Waals surface area contributed by atoms with E-state index in [2.05, 4.69) is 5.32 Å². The van der Waals surface area contributed by atoms with Gasteiger partial charge in [0.25, 0.3) is 0 Å². The number of esters is 1. The van der Waals surface area contributed by atoms with Gasteiger partial charge in [0.2, 0.25) is 0 Å². The Kier molecular flexibility index (Phi) is 6.17. The number of hydrogen-bond acceptors (Lipinski definition) is 5. The highest BCUT2D eigenvalue weighted by molar-refractivity contribution is 5.74. The van der Waals surface area contributed by atoms with E-state index in [4.69, 9.17) is 9.47 Å². The van der Waals surface area contributed by atoms with E-state index in [-0.39, 0.29) is 6.42 Å². The van der Waals surface area contributed by atoms with Crippen LogP contribution in [0.3, 0.4) is 0 Å². The molecule has 1 aromatic rings. The van der Waals surface area contributed by atoms with Gasteiger partial charge in [0, 0.05) is 7.05 Å². The quantitative estimate of drug-likeness (QED) is 0.805. The zero-order valence-corrected chi connectivity index (χ0v) is 12.7. The van der Waals surface area contributed by atoms with Gasteiger partial charge >= 0.3 is 12.1 Å². The third-order valence-corrected chi connectivity index (χ3v) is 3.00. The van der Waals surface area contributed by atoms with Gasteiger partial charge in [-0.15, -0.1) is 0 Å². The average molecular weight is 295 g/mol. The molecule has 0 spiro atoms. The maximum absolute atomic E-state index is 11.7. The minimum absolute atomic E-state index is 0.0431. The van der Waals surface area contributed by atoms with Crippen LogP contribution in [0.15, 0.2) is 18.2 Å². The highest BCUT2D eigenvalue weighted by Gasteiger charge is 2.15. The first-order valence-electron chi connectivity index (χ1n) is 6.70. The molecule has 0 aliphatic heterocycles. The van der Waals surface area contributed by atoms with Crippen molar-refractivity contribution in [3.8, 4) is 5.75 Å². The maximum Gasteiger partial charge on any atom is 0.412 e. The van der Waals surface area contributed by atoms with Crippen LogP contribution in [0.5, 0.6) is 5.75 Å². The first kappa shape index (κ1) is 17.0. The molecule has 0 radical (unpaired) electrons. The molecule has 0 saturated carbocycles. The van der Waals surface area contributed by atoms with Crippen LogP contribution in [0, 0.1) is 6.92 Å². The van der Waals surface area contributed by atoms with Crippen LogP contribution in [0.25, 0.3) is 0 Å². The molecule has 6 heteroatoms. The molecule has 0 aromatic heterocycles. The smallest absolute Gasteiger partial charge is 0.412 e. The number of aliphatic hydroxyl groups excluding tert-OH is 1. The van der Waals surface area contributed by atoms with Gasteiger partial charge in [0.15, 0.2) is 0 Å². The minimum atomic E-state index is -0.723. The van der Waals surface area contributed by atoms with Crippen LogP contribution in [0.1, 0.15) is 25.0 Å². The number of benzene rings is 1. The molecular weight excluding hydrogens is 274 g/mol. The van der Waals surface area contributed by atoms with Crippen molar-refractivity contribution in [3.05, 3.63) is 29.3 Å². The molecule has 0 fully saturated rings. The molecule has 0 aliphatic rings. The summed E-state index contributed by atoms with van der Waals surface area (Å²) in [4.78, 5) is 23.0. The lowest BCUT2D eigenvalue weighted by molar-refractivity contribution is -0.152. The number of aryl methyl sites for hydroxylation is 1. The van der Waals surface area contributed by atoms with Crippen molar-refractivity contribution in [2.75, 3.05) is 7.05 Å². The van der Waals surface area contributed by atoms with Gasteiger partial charge in [-0.05, 0) is 38.0 Å². The third kappa shape index (κ3) is 5.43. The second-order valence-electron chi connectivity index (χ2n) is 4.85. The van der Waals surface area contributed by atoms with Crippen LogP contribution >= 0.6 is 0 Å². The number of carbonyl (C=O) groups excluding carboxylic acids is 2. The minimum Gasteiger partial charge on any atom is -0.460 e. The highest BCUT2D eigenvalue weighted by atomic mass is 16.6. The molecule has 116 valence electrons. The molecular formula is C15H21NO5. The van der Waals surface area contributed by atoms with Crippen molar-refractivity contribution in [2.45, 2.75) is 39.4 Å². The predicted octanol–water partition coefficient (Wildman–Crippen LogP) is 1.57. The van der Waals surface area contributed by atoms with Crippen LogP contribution in [0.4, 0.5) is 4.79 Å². The van der Waals surface area contributed by atoms with Crippen molar-refractivity contribution in [2.24, 2.45) is 0 Å². The summed E-state index contributed by atoms with van der Waals surface area (Å²) >= 11 is 0. The number of amides is 1. The molecule has 2 N–H and O–H groups in total. The summed E-state index contributed by atoms with van der Waals surface area (Å²) in [6, 6.07) is 5.15. The molecule has 1 rings (SSSR count). The molecule has 0 bridgehead atoms. The highest BCUT2D eigenvalue weighted by Crippen LogP contribution is 2.20. The van der Waals surface area contributed by atoms with Gasteiger partial charge in [0.1, 0.15) is 11.9 Å². The molecule has 1 aromatic carbocycles.